The zero-order chi connectivity index (χ0) is 30.8. The van der Waals surface area contributed by atoms with E-state index >= 15 is 0 Å². The van der Waals surface area contributed by atoms with E-state index in [1.807, 2.05) is 0 Å². The van der Waals surface area contributed by atoms with Crippen LogP contribution in [0.4, 0.5) is 44.3 Å². The first kappa shape index (κ1) is 31.6. The number of alkyl carbamates (subject to hydrolysis) is 1. The standard InChI is InChI=1S/C27H22F9NO4/c1-14(38)16-3-6-23(40-2)22(10-16)21-5-4-18(25(28,29)30)9-17(21)12-37-24(39)41-13-15-7-19(26(31,32)33)11-20(8-15)27(34,35)36/h3-11,14,38H,12-13H2,1-2H3,(H,37,39). The van der Waals surface area contributed by atoms with Crippen molar-refractivity contribution >= 4 is 6.09 Å². The van der Waals surface area contributed by atoms with Crippen LogP contribution in [0.15, 0.2) is 54.6 Å². The van der Waals surface area contributed by atoms with Gasteiger partial charge >= 0.3 is 24.6 Å². The predicted molar refractivity (Wildman–Crippen MR) is 128 cm³/mol. The van der Waals surface area contributed by atoms with Gasteiger partial charge in [0, 0.05) is 12.1 Å². The second-order valence-corrected chi connectivity index (χ2v) is 8.85. The lowest BCUT2D eigenvalue weighted by Crippen LogP contribution is -2.24. The lowest BCUT2D eigenvalue weighted by molar-refractivity contribution is -0.143. The van der Waals surface area contributed by atoms with Crippen LogP contribution in [0.2, 0.25) is 0 Å². The van der Waals surface area contributed by atoms with Crippen molar-refractivity contribution in [2.24, 2.45) is 0 Å². The average molecular weight is 595 g/mol. The topological polar surface area (TPSA) is 67.8 Å². The van der Waals surface area contributed by atoms with E-state index in [1.54, 1.807) is 6.07 Å². The number of aliphatic hydroxyl groups is 1. The Bertz CT molecular complexity index is 1360. The zero-order valence-corrected chi connectivity index (χ0v) is 21.3. The van der Waals surface area contributed by atoms with E-state index in [1.165, 1.54) is 26.2 Å². The highest BCUT2D eigenvalue weighted by Gasteiger charge is 2.37. The van der Waals surface area contributed by atoms with Crippen LogP contribution >= 0.6 is 0 Å². The highest BCUT2D eigenvalue weighted by atomic mass is 19.4. The second-order valence-electron chi connectivity index (χ2n) is 8.85. The fraction of sp³-hybridized carbons (Fsp3) is 0.296. The molecule has 41 heavy (non-hydrogen) atoms. The predicted octanol–water partition coefficient (Wildman–Crippen LogP) is 7.90. The van der Waals surface area contributed by atoms with Gasteiger partial charge < -0.3 is 19.9 Å². The molecule has 0 saturated carbocycles. The molecule has 5 nitrogen and oxygen atoms in total. The zero-order valence-electron chi connectivity index (χ0n) is 21.3. The number of benzene rings is 3. The van der Waals surface area contributed by atoms with E-state index in [9.17, 15) is 49.4 Å². The van der Waals surface area contributed by atoms with Gasteiger partial charge in [-0.05, 0) is 71.6 Å². The van der Waals surface area contributed by atoms with Crippen molar-refractivity contribution in [3.63, 3.8) is 0 Å². The van der Waals surface area contributed by atoms with E-state index in [4.69, 9.17) is 9.47 Å². The Morgan fingerprint density at radius 1 is 0.805 bits per heavy atom. The van der Waals surface area contributed by atoms with Crippen molar-refractivity contribution < 1.29 is 58.9 Å². The number of hydrogen-bond acceptors (Lipinski definition) is 4. The summed E-state index contributed by atoms with van der Waals surface area (Å²) in [5.41, 5.74) is -4.06. The first-order valence-electron chi connectivity index (χ1n) is 11.7. The molecule has 0 fully saturated rings. The summed E-state index contributed by atoms with van der Waals surface area (Å²) in [4.78, 5) is 12.3. The molecule has 0 aliphatic rings. The summed E-state index contributed by atoms with van der Waals surface area (Å²) in [6, 6.07) is 7.90. The smallest absolute Gasteiger partial charge is 0.416 e. The summed E-state index contributed by atoms with van der Waals surface area (Å²) in [5.74, 6) is 0.239. The normalized spacial score (nSPS) is 13.1. The number of carbonyl (C=O) groups excluding carboxylic acids is 1. The average Bonchev–Trinajstić information content (AvgIpc) is 2.88. The maximum absolute atomic E-state index is 13.4. The van der Waals surface area contributed by atoms with Crippen LogP contribution in [0.25, 0.3) is 11.1 Å². The summed E-state index contributed by atoms with van der Waals surface area (Å²) < 4.78 is 129. The van der Waals surface area contributed by atoms with Crippen molar-refractivity contribution in [2.45, 2.75) is 44.7 Å². The Labute approximate surface area is 227 Å². The molecule has 0 aromatic heterocycles. The molecule has 0 aliphatic heterocycles. The van der Waals surface area contributed by atoms with E-state index in [0.717, 1.165) is 18.2 Å². The van der Waals surface area contributed by atoms with Crippen LogP contribution in [0.5, 0.6) is 5.75 Å². The SMILES string of the molecule is COc1ccc(C(C)O)cc1-c1ccc(C(F)(F)F)cc1CNC(=O)OCc1cc(C(F)(F)F)cc(C(F)(F)F)c1. The lowest BCUT2D eigenvalue weighted by Gasteiger charge is -2.18. The van der Waals surface area contributed by atoms with Crippen LogP contribution in [-0.2, 0) is 36.4 Å². The van der Waals surface area contributed by atoms with Crippen molar-refractivity contribution in [1.82, 2.24) is 5.32 Å². The number of halogens is 9. The summed E-state index contributed by atoms with van der Waals surface area (Å²) >= 11 is 0. The van der Waals surface area contributed by atoms with Gasteiger partial charge in [0.2, 0.25) is 0 Å². The number of ether oxygens (including phenoxy) is 2. The van der Waals surface area contributed by atoms with Crippen molar-refractivity contribution in [1.29, 1.82) is 0 Å². The van der Waals surface area contributed by atoms with Crippen LogP contribution < -0.4 is 10.1 Å². The fourth-order valence-electron chi connectivity index (χ4n) is 3.84. The Morgan fingerprint density at radius 3 is 1.90 bits per heavy atom. The van der Waals surface area contributed by atoms with Crippen LogP contribution in [0, 0.1) is 0 Å². The third kappa shape index (κ3) is 8.06. The molecule has 3 aromatic carbocycles. The van der Waals surface area contributed by atoms with Gasteiger partial charge in [-0.25, -0.2) is 4.79 Å². The van der Waals surface area contributed by atoms with Crippen LogP contribution in [-0.4, -0.2) is 18.3 Å². The molecule has 0 spiro atoms. The molecule has 0 bridgehead atoms. The van der Waals surface area contributed by atoms with E-state index in [2.05, 4.69) is 5.32 Å². The minimum Gasteiger partial charge on any atom is -0.496 e. The minimum atomic E-state index is -5.11. The Kier molecular flexibility index (Phi) is 9.16. The van der Waals surface area contributed by atoms with Crippen LogP contribution in [0.1, 0.15) is 46.4 Å². The van der Waals surface area contributed by atoms with Gasteiger partial charge in [-0.1, -0.05) is 12.1 Å². The molecule has 0 heterocycles. The van der Waals surface area contributed by atoms with Crippen molar-refractivity contribution in [2.75, 3.05) is 7.11 Å². The second kappa shape index (κ2) is 11.9. The number of nitrogens with one attached hydrogen (secondary N) is 1. The largest absolute Gasteiger partial charge is 0.496 e. The number of hydrogen-bond donors (Lipinski definition) is 2. The highest BCUT2D eigenvalue weighted by molar-refractivity contribution is 5.75. The molecule has 0 saturated heterocycles. The third-order valence-electron chi connectivity index (χ3n) is 5.87. The van der Waals surface area contributed by atoms with Crippen molar-refractivity contribution in [3.05, 3.63) is 88.0 Å². The third-order valence-corrected chi connectivity index (χ3v) is 5.87. The van der Waals surface area contributed by atoms with E-state index < -0.39 is 66.1 Å². The maximum atomic E-state index is 13.4. The molecule has 0 aliphatic carbocycles. The molecule has 222 valence electrons. The number of carbonyl (C=O) groups is 1. The number of amides is 1. The summed E-state index contributed by atoms with van der Waals surface area (Å²) in [7, 11) is 1.32. The summed E-state index contributed by atoms with van der Waals surface area (Å²) in [5, 5.41) is 12.1. The molecule has 1 atom stereocenters. The molecular weight excluding hydrogens is 573 g/mol. The van der Waals surface area contributed by atoms with Crippen molar-refractivity contribution in [3.8, 4) is 16.9 Å². The van der Waals surface area contributed by atoms with Crippen LogP contribution in [0.3, 0.4) is 0 Å². The molecule has 1 unspecified atom stereocenters. The van der Waals surface area contributed by atoms with Gasteiger partial charge in [-0.2, -0.15) is 39.5 Å². The monoisotopic (exact) mass is 595 g/mol. The summed E-state index contributed by atoms with van der Waals surface area (Å²) in [6.45, 7) is -0.0893. The fourth-order valence-corrected chi connectivity index (χ4v) is 3.84. The lowest BCUT2D eigenvalue weighted by atomic mass is 9.94. The first-order valence-corrected chi connectivity index (χ1v) is 11.7. The van der Waals surface area contributed by atoms with Gasteiger partial charge in [0.15, 0.2) is 0 Å². The maximum Gasteiger partial charge on any atom is 0.416 e. The van der Waals surface area contributed by atoms with Gasteiger partial charge in [-0.3, -0.25) is 0 Å². The number of rotatable bonds is 7. The highest BCUT2D eigenvalue weighted by Crippen LogP contribution is 2.39. The Balaban J connectivity index is 1.88. The minimum absolute atomic E-state index is 0.0729. The van der Waals surface area contributed by atoms with Gasteiger partial charge in [0.25, 0.3) is 0 Å². The quantitative estimate of drug-likeness (QED) is 0.273. The Hall–Kier alpha value is -3.94. The molecule has 3 rings (SSSR count). The first-order chi connectivity index (χ1) is 18.9. The molecule has 0 radical (unpaired) electrons. The van der Waals surface area contributed by atoms with Gasteiger partial charge in [-0.15, -0.1) is 0 Å². The number of methoxy groups -OCH3 is 1. The molecular formula is C27H22F9NO4. The molecule has 2 N–H and O–H groups in total. The summed E-state index contributed by atoms with van der Waals surface area (Å²) in [6.07, 6.45) is -17.2. The van der Waals surface area contributed by atoms with Gasteiger partial charge in [0.1, 0.15) is 12.4 Å². The molecule has 3 aromatic rings. The number of aliphatic hydroxyl groups excluding tert-OH is 1. The Morgan fingerprint density at radius 2 is 1.39 bits per heavy atom. The van der Waals surface area contributed by atoms with E-state index in [0.29, 0.717) is 17.7 Å². The van der Waals surface area contributed by atoms with Gasteiger partial charge in [0.05, 0.1) is 29.9 Å². The molecule has 1 amide bonds. The van der Waals surface area contributed by atoms with E-state index in [-0.39, 0.29) is 28.5 Å². The number of alkyl halides is 9. The molecule has 14 heteroatoms.